The molecule has 2 amide bonds. The minimum absolute atomic E-state index is 0.0885. The molecule has 0 spiro atoms. The van der Waals surface area contributed by atoms with Crippen molar-refractivity contribution < 1.29 is 23.8 Å². The standard InChI is InChI=1S/C37H42FN3O4/c1-23-4-5-24(2)35(25(23)3)45-19-17-27-6-10-28(11-7-27)32-20-31-21-39-22-33(41(31)37(43)44)34(32)36(42)40(30-14-15-30)18-16-26-8-12-29(38)13-9-26/h4-13,30-31,33,39H,14-22H2,1-3H3,(H,43,44)/t31-,33-/m1/s1. The van der Waals surface area contributed by atoms with Gasteiger partial charge in [0.1, 0.15) is 11.6 Å². The normalized spacial score (nSPS) is 19.4. The molecule has 2 heterocycles. The molecule has 6 rings (SSSR count). The van der Waals surface area contributed by atoms with Crippen LogP contribution in [0.2, 0.25) is 0 Å². The molecule has 2 aliphatic heterocycles. The van der Waals surface area contributed by atoms with Crippen molar-refractivity contribution in [3.63, 3.8) is 0 Å². The summed E-state index contributed by atoms with van der Waals surface area (Å²) < 4.78 is 19.7. The molecule has 0 aromatic heterocycles. The fourth-order valence-electron chi connectivity index (χ4n) is 6.81. The fourth-order valence-corrected chi connectivity index (χ4v) is 6.81. The van der Waals surface area contributed by atoms with E-state index in [0.29, 0.717) is 44.7 Å². The van der Waals surface area contributed by atoms with Crippen LogP contribution in [0.25, 0.3) is 5.57 Å². The van der Waals surface area contributed by atoms with E-state index in [1.165, 1.54) is 28.2 Å². The van der Waals surface area contributed by atoms with Crippen LogP contribution in [-0.4, -0.2) is 71.3 Å². The summed E-state index contributed by atoms with van der Waals surface area (Å²) in [5, 5.41) is 13.6. The summed E-state index contributed by atoms with van der Waals surface area (Å²) in [6.07, 6.45) is 2.71. The average Bonchev–Trinajstić information content (AvgIpc) is 3.87. The van der Waals surface area contributed by atoms with Crippen LogP contribution in [0.5, 0.6) is 5.75 Å². The van der Waals surface area contributed by atoms with Crippen LogP contribution in [0.15, 0.2) is 66.2 Å². The van der Waals surface area contributed by atoms with Gasteiger partial charge < -0.3 is 20.1 Å². The van der Waals surface area contributed by atoms with Crippen LogP contribution >= 0.6 is 0 Å². The minimum atomic E-state index is -0.991. The molecule has 2 bridgehead atoms. The number of fused-ring (bicyclic) bond motifs is 2. The highest BCUT2D eigenvalue weighted by Gasteiger charge is 2.46. The highest BCUT2D eigenvalue weighted by Crippen LogP contribution is 2.39. The first-order valence-electron chi connectivity index (χ1n) is 16.0. The summed E-state index contributed by atoms with van der Waals surface area (Å²) in [7, 11) is 0. The lowest BCUT2D eigenvalue weighted by Crippen LogP contribution is -2.63. The third-order valence-corrected chi connectivity index (χ3v) is 9.61. The van der Waals surface area contributed by atoms with Crippen molar-refractivity contribution >= 4 is 17.6 Å². The molecule has 2 fully saturated rings. The van der Waals surface area contributed by atoms with Gasteiger partial charge in [0.25, 0.3) is 5.91 Å². The topological polar surface area (TPSA) is 82.1 Å². The Labute approximate surface area is 264 Å². The lowest BCUT2D eigenvalue weighted by Gasteiger charge is -2.47. The maximum atomic E-state index is 14.5. The zero-order chi connectivity index (χ0) is 31.7. The largest absolute Gasteiger partial charge is 0.493 e. The van der Waals surface area contributed by atoms with Crippen LogP contribution in [0.4, 0.5) is 9.18 Å². The Kier molecular flexibility index (Phi) is 8.95. The van der Waals surface area contributed by atoms with Crippen LogP contribution < -0.4 is 10.1 Å². The first kappa shape index (κ1) is 30.8. The van der Waals surface area contributed by atoms with Crippen LogP contribution in [0.3, 0.4) is 0 Å². The Balaban J connectivity index is 1.26. The molecule has 1 saturated carbocycles. The molecule has 236 valence electrons. The molecule has 8 heteroatoms. The van der Waals surface area contributed by atoms with Crippen molar-refractivity contribution in [2.45, 2.75) is 71.0 Å². The molecule has 3 aliphatic rings. The molecule has 7 nitrogen and oxygen atoms in total. The Morgan fingerprint density at radius 2 is 1.60 bits per heavy atom. The van der Waals surface area contributed by atoms with E-state index in [2.05, 4.69) is 62.5 Å². The SMILES string of the molecule is Cc1ccc(C)c(OCCc2ccc(C3=C(C(=O)N(CCc4ccc(F)cc4)C4CC4)[C@H]4CNC[C@@H](C3)N4C(=O)O)cc2)c1C. The molecule has 2 atom stereocenters. The van der Waals surface area contributed by atoms with Crippen molar-refractivity contribution in [2.24, 2.45) is 0 Å². The number of rotatable bonds is 10. The molecular weight excluding hydrogens is 569 g/mol. The number of ether oxygens (including phenoxy) is 1. The molecular formula is C37H42FN3O4. The first-order chi connectivity index (χ1) is 21.7. The number of carbonyl (C=O) groups excluding carboxylic acids is 1. The van der Waals surface area contributed by atoms with E-state index in [1.807, 2.05) is 4.90 Å². The summed E-state index contributed by atoms with van der Waals surface area (Å²) >= 11 is 0. The average molecular weight is 612 g/mol. The van der Waals surface area contributed by atoms with Gasteiger partial charge in [-0.3, -0.25) is 9.69 Å². The highest BCUT2D eigenvalue weighted by molar-refractivity contribution is 6.04. The Bertz CT molecular complexity index is 1600. The van der Waals surface area contributed by atoms with Crippen molar-refractivity contribution in [3.05, 3.63) is 105 Å². The zero-order valence-corrected chi connectivity index (χ0v) is 26.3. The quantitative estimate of drug-likeness (QED) is 0.290. The summed E-state index contributed by atoms with van der Waals surface area (Å²) in [4.78, 5) is 30.3. The van der Waals surface area contributed by atoms with Gasteiger partial charge in [0.15, 0.2) is 0 Å². The summed E-state index contributed by atoms with van der Waals surface area (Å²) in [6.45, 7) is 8.26. The minimum Gasteiger partial charge on any atom is -0.493 e. The molecule has 2 N–H and O–H groups in total. The third kappa shape index (κ3) is 6.61. The smallest absolute Gasteiger partial charge is 0.408 e. The summed E-state index contributed by atoms with van der Waals surface area (Å²) in [6, 6.07) is 18.3. The first-order valence-corrected chi connectivity index (χ1v) is 16.0. The van der Waals surface area contributed by atoms with Crippen LogP contribution in [0, 0.1) is 26.6 Å². The van der Waals surface area contributed by atoms with Gasteiger partial charge in [0.05, 0.1) is 18.7 Å². The van der Waals surface area contributed by atoms with Crippen LogP contribution in [-0.2, 0) is 17.6 Å². The molecule has 45 heavy (non-hydrogen) atoms. The monoisotopic (exact) mass is 611 g/mol. The lowest BCUT2D eigenvalue weighted by molar-refractivity contribution is -0.128. The van der Waals surface area contributed by atoms with Crippen molar-refractivity contribution in [1.82, 2.24) is 15.1 Å². The van der Waals surface area contributed by atoms with Gasteiger partial charge >= 0.3 is 6.09 Å². The molecule has 3 aromatic carbocycles. The molecule has 0 unspecified atom stereocenters. The number of hydrogen-bond acceptors (Lipinski definition) is 4. The number of carboxylic acid groups (broad SMARTS) is 1. The van der Waals surface area contributed by atoms with Crippen molar-refractivity contribution in [3.8, 4) is 5.75 Å². The number of aryl methyl sites for hydroxylation is 2. The van der Waals surface area contributed by atoms with Crippen LogP contribution in [0.1, 0.15) is 52.6 Å². The molecule has 1 aliphatic carbocycles. The molecule has 1 saturated heterocycles. The Morgan fingerprint density at radius 3 is 2.29 bits per heavy atom. The maximum absolute atomic E-state index is 14.5. The fraction of sp³-hybridized carbons (Fsp3) is 0.405. The van der Waals surface area contributed by atoms with E-state index in [1.54, 1.807) is 12.1 Å². The van der Waals surface area contributed by atoms with Crippen molar-refractivity contribution in [1.29, 1.82) is 0 Å². The van der Waals surface area contributed by atoms with E-state index in [4.69, 9.17) is 4.74 Å². The third-order valence-electron chi connectivity index (χ3n) is 9.61. The Hall–Kier alpha value is -4.17. The van der Waals surface area contributed by atoms with Gasteiger partial charge in [0, 0.05) is 37.7 Å². The number of carbonyl (C=O) groups is 2. The van der Waals surface area contributed by atoms with E-state index < -0.39 is 12.1 Å². The number of hydrogen-bond donors (Lipinski definition) is 2. The summed E-state index contributed by atoms with van der Waals surface area (Å²) in [5.74, 6) is 0.577. The van der Waals surface area contributed by atoms with E-state index in [0.717, 1.165) is 52.8 Å². The van der Waals surface area contributed by atoms with Gasteiger partial charge in [-0.05, 0) is 97.5 Å². The number of halogens is 1. The molecule has 0 radical (unpaired) electrons. The number of benzene rings is 3. The highest BCUT2D eigenvalue weighted by atomic mass is 19.1. The lowest BCUT2D eigenvalue weighted by atomic mass is 9.81. The van der Waals surface area contributed by atoms with Gasteiger partial charge in [-0.1, -0.05) is 48.5 Å². The van der Waals surface area contributed by atoms with Gasteiger partial charge in [-0.15, -0.1) is 0 Å². The second kappa shape index (κ2) is 13.1. The number of amides is 2. The predicted molar refractivity (Wildman–Crippen MR) is 173 cm³/mol. The predicted octanol–water partition coefficient (Wildman–Crippen LogP) is 6.08. The number of piperazine rings is 1. The van der Waals surface area contributed by atoms with E-state index in [-0.39, 0.29) is 23.8 Å². The van der Waals surface area contributed by atoms with Gasteiger partial charge in [0.2, 0.25) is 0 Å². The van der Waals surface area contributed by atoms with Gasteiger partial charge in [-0.2, -0.15) is 0 Å². The second-order valence-electron chi connectivity index (χ2n) is 12.7. The number of nitrogens with one attached hydrogen (secondary N) is 1. The zero-order valence-electron chi connectivity index (χ0n) is 26.3. The van der Waals surface area contributed by atoms with E-state index in [9.17, 15) is 19.1 Å². The maximum Gasteiger partial charge on any atom is 0.408 e. The Morgan fingerprint density at radius 1 is 0.933 bits per heavy atom. The second-order valence-corrected chi connectivity index (χ2v) is 12.7. The van der Waals surface area contributed by atoms with E-state index >= 15 is 0 Å². The van der Waals surface area contributed by atoms with Gasteiger partial charge in [-0.25, -0.2) is 9.18 Å². The number of nitrogens with zero attached hydrogens (tertiary/aromatic N) is 2. The summed E-state index contributed by atoms with van der Waals surface area (Å²) in [5.41, 5.74) is 8.09. The molecule has 3 aromatic rings. The van der Waals surface area contributed by atoms with Crippen molar-refractivity contribution in [2.75, 3.05) is 26.2 Å².